The average Bonchev–Trinajstić information content (AvgIpc) is 3.09. The number of oxazole rings is 1. The minimum absolute atomic E-state index is 0.0118. The van der Waals surface area contributed by atoms with Gasteiger partial charge in [0.2, 0.25) is 11.7 Å². The van der Waals surface area contributed by atoms with E-state index in [2.05, 4.69) is 15.0 Å². The van der Waals surface area contributed by atoms with Gasteiger partial charge in [0.25, 0.3) is 5.89 Å². The van der Waals surface area contributed by atoms with Gasteiger partial charge in [-0.05, 0) is 19.1 Å². The fraction of sp³-hybridized carbons (Fsp3) is 0.188. The minimum Gasteiger partial charge on any atom is -0.480 e. The molecule has 3 aromatic rings. The van der Waals surface area contributed by atoms with Crippen molar-refractivity contribution < 1.29 is 22.3 Å². The molecule has 0 radical (unpaired) electrons. The van der Waals surface area contributed by atoms with E-state index in [1.165, 1.54) is 12.5 Å². The Hall–Kier alpha value is -2.55. The van der Waals surface area contributed by atoms with Gasteiger partial charge in [-0.25, -0.2) is 9.97 Å². The summed E-state index contributed by atoms with van der Waals surface area (Å²) >= 11 is 0.870. The molecule has 0 N–H and O–H groups in total. The Kier molecular flexibility index (Phi) is 4.67. The standard InChI is InChI=1S/C16H12F3N3O2S/c1-9-3-5-10(6-4-9)25-15-11(16(17,18)19)13(23-2)21-12(22-15)14-20-7-8-24-14/h3-8H,1-2H3. The van der Waals surface area contributed by atoms with Crippen LogP contribution in [0.5, 0.6) is 5.88 Å². The van der Waals surface area contributed by atoms with E-state index in [9.17, 15) is 13.2 Å². The van der Waals surface area contributed by atoms with Crippen LogP contribution in [-0.4, -0.2) is 22.1 Å². The van der Waals surface area contributed by atoms with Crippen LogP contribution in [0.25, 0.3) is 11.7 Å². The van der Waals surface area contributed by atoms with Gasteiger partial charge in [0, 0.05) is 4.90 Å². The second-order valence-electron chi connectivity index (χ2n) is 4.99. The lowest BCUT2D eigenvalue weighted by molar-refractivity contribution is -0.141. The topological polar surface area (TPSA) is 61.0 Å². The van der Waals surface area contributed by atoms with Gasteiger partial charge in [0.1, 0.15) is 11.3 Å². The predicted octanol–water partition coefficient (Wildman–Crippen LogP) is 4.62. The molecule has 25 heavy (non-hydrogen) atoms. The van der Waals surface area contributed by atoms with E-state index in [-0.39, 0.29) is 16.7 Å². The highest BCUT2D eigenvalue weighted by Crippen LogP contribution is 2.43. The third-order valence-corrected chi connectivity index (χ3v) is 4.18. The smallest absolute Gasteiger partial charge is 0.424 e. The molecule has 0 aliphatic heterocycles. The molecule has 2 heterocycles. The number of rotatable bonds is 4. The molecule has 0 bridgehead atoms. The quantitative estimate of drug-likeness (QED) is 0.627. The molecular formula is C16H12F3N3O2S. The molecule has 9 heteroatoms. The van der Waals surface area contributed by atoms with Crippen molar-refractivity contribution in [2.75, 3.05) is 7.11 Å². The van der Waals surface area contributed by atoms with Crippen molar-refractivity contribution in [2.45, 2.75) is 23.0 Å². The highest BCUT2D eigenvalue weighted by molar-refractivity contribution is 7.99. The molecule has 0 amide bonds. The Morgan fingerprint density at radius 2 is 1.84 bits per heavy atom. The monoisotopic (exact) mass is 367 g/mol. The highest BCUT2D eigenvalue weighted by atomic mass is 32.2. The van der Waals surface area contributed by atoms with E-state index in [0.717, 1.165) is 24.4 Å². The van der Waals surface area contributed by atoms with E-state index in [1.807, 2.05) is 19.1 Å². The summed E-state index contributed by atoms with van der Waals surface area (Å²) in [6.07, 6.45) is -2.03. The van der Waals surface area contributed by atoms with E-state index in [4.69, 9.17) is 9.15 Å². The van der Waals surface area contributed by atoms with E-state index in [0.29, 0.717) is 4.90 Å². The Balaban J connectivity index is 2.15. The van der Waals surface area contributed by atoms with Gasteiger partial charge < -0.3 is 9.15 Å². The van der Waals surface area contributed by atoms with Crippen LogP contribution in [0.15, 0.2) is 51.1 Å². The van der Waals surface area contributed by atoms with Crippen molar-refractivity contribution >= 4 is 11.8 Å². The molecule has 0 fully saturated rings. The summed E-state index contributed by atoms with van der Waals surface area (Å²) in [7, 11) is 1.12. The van der Waals surface area contributed by atoms with Gasteiger partial charge in [0.15, 0.2) is 5.56 Å². The number of methoxy groups -OCH3 is 1. The number of alkyl halides is 3. The van der Waals surface area contributed by atoms with Crippen LogP contribution in [0.2, 0.25) is 0 Å². The number of hydrogen-bond donors (Lipinski definition) is 0. The number of halogens is 3. The third-order valence-electron chi connectivity index (χ3n) is 3.18. The molecule has 0 saturated heterocycles. The Labute approximate surface area is 145 Å². The van der Waals surface area contributed by atoms with Crippen LogP contribution in [0, 0.1) is 6.92 Å². The van der Waals surface area contributed by atoms with Crippen LogP contribution in [0.3, 0.4) is 0 Å². The lowest BCUT2D eigenvalue weighted by Gasteiger charge is -2.15. The number of aryl methyl sites for hydroxylation is 1. The average molecular weight is 367 g/mol. The number of hydrogen-bond acceptors (Lipinski definition) is 6. The zero-order valence-electron chi connectivity index (χ0n) is 13.2. The third kappa shape index (κ3) is 3.76. The lowest BCUT2D eigenvalue weighted by Crippen LogP contribution is -2.13. The second kappa shape index (κ2) is 6.75. The van der Waals surface area contributed by atoms with E-state index in [1.54, 1.807) is 12.1 Å². The van der Waals surface area contributed by atoms with Crippen LogP contribution < -0.4 is 4.74 Å². The molecule has 0 saturated carbocycles. The molecule has 2 aromatic heterocycles. The molecule has 0 unspecified atom stereocenters. The number of aromatic nitrogens is 3. The van der Waals surface area contributed by atoms with Crippen LogP contribution in [0.4, 0.5) is 13.2 Å². The van der Waals surface area contributed by atoms with Crippen molar-refractivity contribution in [1.82, 2.24) is 15.0 Å². The molecular weight excluding hydrogens is 355 g/mol. The van der Waals surface area contributed by atoms with Crippen LogP contribution >= 0.6 is 11.8 Å². The largest absolute Gasteiger partial charge is 0.480 e. The van der Waals surface area contributed by atoms with Gasteiger partial charge in [-0.1, -0.05) is 29.5 Å². The number of benzene rings is 1. The number of nitrogens with zero attached hydrogens (tertiary/aromatic N) is 3. The molecule has 0 aliphatic rings. The fourth-order valence-corrected chi connectivity index (χ4v) is 2.96. The Bertz CT molecular complexity index is 866. The molecule has 0 aliphatic carbocycles. The van der Waals surface area contributed by atoms with Gasteiger partial charge in [-0.15, -0.1) is 0 Å². The van der Waals surface area contributed by atoms with Gasteiger partial charge in [-0.3, -0.25) is 0 Å². The summed E-state index contributed by atoms with van der Waals surface area (Å²) in [4.78, 5) is 12.3. The first-order valence-electron chi connectivity index (χ1n) is 7.06. The molecule has 5 nitrogen and oxygen atoms in total. The zero-order chi connectivity index (χ0) is 18.0. The summed E-state index contributed by atoms with van der Waals surface area (Å²) in [5.74, 6) is -0.646. The van der Waals surface area contributed by atoms with Crippen molar-refractivity contribution in [1.29, 1.82) is 0 Å². The molecule has 0 spiro atoms. The van der Waals surface area contributed by atoms with Crippen LogP contribution in [0.1, 0.15) is 11.1 Å². The Morgan fingerprint density at radius 3 is 2.40 bits per heavy atom. The predicted molar refractivity (Wildman–Crippen MR) is 84.4 cm³/mol. The summed E-state index contributed by atoms with van der Waals surface area (Å²) < 4.78 is 50.5. The maximum absolute atomic E-state index is 13.5. The molecule has 0 atom stereocenters. The Morgan fingerprint density at radius 1 is 1.12 bits per heavy atom. The van der Waals surface area contributed by atoms with Crippen molar-refractivity contribution in [2.24, 2.45) is 0 Å². The molecule has 130 valence electrons. The van der Waals surface area contributed by atoms with Gasteiger partial charge in [-0.2, -0.15) is 18.2 Å². The maximum atomic E-state index is 13.5. The maximum Gasteiger partial charge on any atom is 0.424 e. The zero-order valence-corrected chi connectivity index (χ0v) is 14.0. The van der Waals surface area contributed by atoms with Crippen molar-refractivity contribution in [3.8, 4) is 17.6 Å². The fourth-order valence-electron chi connectivity index (χ4n) is 2.03. The normalized spacial score (nSPS) is 11.6. The summed E-state index contributed by atoms with van der Waals surface area (Å²) in [5.41, 5.74) is -0.0305. The van der Waals surface area contributed by atoms with E-state index < -0.39 is 17.6 Å². The van der Waals surface area contributed by atoms with E-state index >= 15 is 0 Å². The van der Waals surface area contributed by atoms with Crippen molar-refractivity contribution in [3.63, 3.8) is 0 Å². The number of ether oxygens (including phenoxy) is 1. The summed E-state index contributed by atoms with van der Waals surface area (Å²) in [6, 6.07) is 7.06. The van der Waals surface area contributed by atoms with Crippen LogP contribution in [-0.2, 0) is 6.18 Å². The first-order valence-corrected chi connectivity index (χ1v) is 7.87. The highest BCUT2D eigenvalue weighted by Gasteiger charge is 2.40. The SMILES string of the molecule is COc1nc(-c2ncco2)nc(Sc2ccc(C)cc2)c1C(F)(F)F. The van der Waals surface area contributed by atoms with Gasteiger partial charge in [0.05, 0.1) is 13.3 Å². The molecule has 1 aromatic carbocycles. The minimum atomic E-state index is -4.67. The lowest BCUT2D eigenvalue weighted by atomic mass is 10.2. The first-order chi connectivity index (χ1) is 11.9. The van der Waals surface area contributed by atoms with Gasteiger partial charge >= 0.3 is 6.18 Å². The summed E-state index contributed by atoms with van der Waals surface area (Å²) in [6.45, 7) is 1.89. The molecule has 3 rings (SSSR count). The first kappa shape index (κ1) is 17.3. The van der Waals surface area contributed by atoms with Crippen molar-refractivity contribution in [3.05, 3.63) is 47.9 Å². The summed E-state index contributed by atoms with van der Waals surface area (Å²) in [5, 5.41) is -0.281. The second-order valence-corrected chi connectivity index (χ2v) is 6.05.